The number of rotatable bonds is 5. The molecule has 0 spiro atoms. The van der Waals surface area contributed by atoms with Crippen molar-refractivity contribution in [1.82, 2.24) is 0 Å². The smallest absolute Gasteiger partial charge is 0.0422 e. The van der Waals surface area contributed by atoms with Crippen molar-refractivity contribution < 1.29 is 0 Å². The molecule has 98 valence electrons. The monoisotopic (exact) mass is 274 g/mol. The summed E-state index contributed by atoms with van der Waals surface area (Å²) in [4.78, 5) is 0. The Balaban J connectivity index is 2.01. The molecule has 0 saturated carbocycles. The molecule has 2 aliphatic rings. The van der Waals surface area contributed by atoms with E-state index in [9.17, 15) is 0 Å². The lowest BCUT2D eigenvalue weighted by molar-refractivity contribution is 0.913. The maximum Gasteiger partial charge on any atom is 0.0422 e. The van der Waals surface area contributed by atoms with Gasteiger partial charge in [0.05, 0.1) is 0 Å². The van der Waals surface area contributed by atoms with Crippen molar-refractivity contribution in [2.45, 2.75) is 38.3 Å². The molecule has 0 radical (unpaired) electrons. The zero-order valence-corrected chi connectivity index (χ0v) is 14.2. The molecule has 0 N–H and O–H groups in total. The van der Waals surface area contributed by atoms with E-state index in [1.807, 2.05) is 0 Å². The van der Waals surface area contributed by atoms with Gasteiger partial charge in [0.15, 0.2) is 0 Å². The molecule has 0 aromatic rings. The van der Waals surface area contributed by atoms with E-state index in [2.05, 4.69) is 74.8 Å². The van der Waals surface area contributed by atoms with E-state index >= 15 is 0 Å². The lowest BCUT2D eigenvalue weighted by Crippen LogP contribution is -2.55. The van der Waals surface area contributed by atoms with Crippen LogP contribution in [0.4, 0.5) is 0 Å². The highest BCUT2D eigenvalue weighted by atomic mass is 29.3. The van der Waals surface area contributed by atoms with Crippen LogP contribution in [0.15, 0.2) is 48.6 Å². The van der Waals surface area contributed by atoms with Gasteiger partial charge in [-0.1, -0.05) is 74.8 Å². The van der Waals surface area contributed by atoms with E-state index in [4.69, 9.17) is 0 Å². The van der Waals surface area contributed by atoms with Gasteiger partial charge in [0.25, 0.3) is 0 Å². The SMILES string of the molecule is C[Si](C)(CC1C=CC=C1)[Si](C)(C)CC1C=CC=C1. The minimum atomic E-state index is -1.09. The van der Waals surface area contributed by atoms with Gasteiger partial charge in [0.1, 0.15) is 0 Å². The van der Waals surface area contributed by atoms with Crippen LogP contribution in [0.1, 0.15) is 0 Å². The van der Waals surface area contributed by atoms with Gasteiger partial charge in [0.2, 0.25) is 0 Å². The van der Waals surface area contributed by atoms with Gasteiger partial charge in [-0.15, -0.1) is 0 Å². The molecule has 0 aromatic heterocycles. The van der Waals surface area contributed by atoms with E-state index < -0.39 is 15.2 Å². The van der Waals surface area contributed by atoms with Crippen LogP contribution in [-0.2, 0) is 0 Å². The highest BCUT2D eigenvalue weighted by Crippen LogP contribution is 2.35. The first kappa shape index (κ1) is 13.8. The molecule has 0 aliphatic heterocycles. The minimum absolute atomic E-state index is 0.730. The van der Waals surface area contributed by atoms with Crippen LogP contribution in [0.2, 0.25) is 38.3 Å². The summed E-state index contributed by atoms with van der Waals surface area (Å²) >= 11 is 0. The lowest BCUT2D eigenvalue weighted by atomic mass is 10.2. The molecule has 0 unspecified atom stereocenters. The average Bonchev–Trinajstić information content (AvgIpc) is 2.89. The molecule has 0 aromatic carbocycles. The maximum atomic E-state index is 2.63. The van der Waals surface area contributed by atoms with Crippen molar-refractivity contribution in [1.29, 1.82) is 0 Å². The fourth-order valence-corrected chi connectivity index (χ4v) is 11.7. The second-order valence-corrected chi connectivity index (χ2v) is 23.5. The molecule has 0 nitrogen and oxygen atoms in total. The van der Waals surface area contributed by atoms with Gasteiger partial charge < -0.3 is 0 Å². The first-order chi connectivity index (χ1) is 8.41. The summed E-state index contributed by atoms with van der Waals surface area (Å²) in [5, 5.41) is 0. The fourth-order valence-electron chi connectivity index (χ4n) is 2.96. The Bertz CT molecular complexity index is 347. The molecular weight excluding hydrogens is 248 g/mol. The average molecular weight is 275 g/mol. The summed E-state index contributed by atoms with van der Waals surface area (Å²) in [7, 11) is -2.19. The summed E-state index contributed by atoms with van der Waals surface area (Å²) in [6.07, 6.45) is 18.4. The molecule has 0 atom stereocenters. The van der Waals surface area contributed by atoms with E-state index in [0.717, 1.165) is 11.8 Å². The maximum absolute atomic E-state index is 2.63. The van der Waals surface area contributed by atoms with E-state index in [1.165, 1.54) is 12.1 Å². The Labute approximate surface area is 114 Å². The highest BCUT2D eigenvalue weighted by molar-refractivity contribution is 7.40. The van der Waals surface area contributed by atoms with Gasteiger partial charge in [-0.3, -0.25) is 0 Å². The lowest BCUT2D eigenvalue weighted by Gasteiger charge is -2.41. The molecule has 18 heavy (non-hydrogen) atoms. The summed E-state index contributed by atoms with van der Waals surface area (Å²) < 4.78 is 0. The first-order valence-corrected chi connectivity index (χ1v) is 14.5. The van der Waals surface area contributed by atoms with Crippen LogP contribution in [-0.4, -0.2) is 15.2 Å². The molecular formula is C16H26Si2. The molecule has 0 heterocycles. The quantitative estimate of drug-likeness (QED) is 0.621. The van der Waals surface area contributed by atoms with Gasteiger partial charge in [-0.25, -0.2) is 0 Å². The Morgan fingerprint density at radius 2 is 0.889 bits per heavy atom. The topological polar surface area (TPSA) is 0 Å². The minimum Gasteiger partial charge on any atom is -0.0779 e. The molecule has 2 aliphatic carbocycles. The molecule has 2 rings (SSSR count). The largest absolute Gasteiger partial charge is 0.0779 e. The van der Waals surface area contributed by atoms with Gasteiger partial charge in [0, 0.05) is 15.2 Å². The van der Waals surface area contributed by atoms with Crippen molar-refractivity contribution in [2.75, 3.05) is 0 Å². The van der Waals surface area contributed by atoms with Crippen LogP contribution in [0.5, 0.6) is 0 Å². The normalized spacial score (nSPS) is 20.4. The second kappa shape index (κ2) is 5.18. The van der Waals surface area contributed by atoms with Crippen LogP contribution in [0.3, 0.4) is 0 Å². The number of allylic oxidation sites excluding steroid dienone is 8. The summed E-state index contributed by atoms with van der Waals surface area (Å²) in [6.45, 7) is 10.5. The van der Waals surface area contributed by atoms with Crippen LogP contribution < -0.4 is 0 Å². The Hall–Kier alpha value is -0.606. The van der Waals surface area contributed by atoms with E-state index in [0.29, 0.717) is 0 Å². The Morgan fingerprint density at radius 3 is 1.17 bits per heavy atom. The van der Waals surface area contributed by atoms with E-state index in [1.54, 1.807) is 0 Å². The van der Waals surface area contributed by atoms with Crippen LogP contribution >= 0.6 is 0 Å². The van der Waals surface area contributed by atoms with Crippen molar-refractivity contribution in [3.63, 3.8) is 0 Å². The van der Waals surface area contributed by atoms with Gasteiger partial charge in [-0.2, -0.15) is 0 Å². The number of hydrogen-bond acceptors (Lipinski definition) is 0. The standard InChI is InChI=1S/C16H26Si2/c1-17(2,13-15-9-5-6-10-15)18(3,4)14-16-11-7-8-12-16/h5-12,15-16H,13-14H2,1-4H3. The number of hydrogen-bond donors (Lipinski definition) is 0. The molecule has 0 bridgehead atoms. The molecule has 2 heteroatoms. The zero-order valence-electron chi connectivity index (χ0n) is 12.2. The van der Waals surface area contributed by atoms with Crippen molar-refractivity contribution >= 4 is 15.2 Å². The van der Waals surface area contributed by atoms with Gasteiger partial charge >= 0.3 is 0 Å². The highest BCUT2D eigenvalue weighted by Gasteiger charge is 2.42. The Morgan fingerprint density at radius 1 is 0.611 bits per heavy atom. The summed E-state index contributed by atoms with van der Waals surface area (Å²) in [6, 6.07) is 2.89. The van der Waals surface area contributed by atoms with E-state index in [-0.39, 0.29) is 0 Å². The third-order valence-electron chi connectivity index (χ3n) is 4.98. The molecule has 0 saturated heterocycles. The third kappa shape index (κ3) is 3.04. The zero-order chi connectivity index (χ0) is 13.2. The molecule has 0 amide bonds. The summed E-state index contributed by atoms with van der Waals surface area (Å²) in [5.74, 6) is 1.46. The Kier molecular flexibility index (Phi) is 3.97. The predicted octanol–water partition coefficient (Wildman–Crippen LogP) is 4.97. The van der Waals surface area contributed by atoms with Crippen molar-refractivity contribution in [3.8, 4) is 0 Å². The fraction of sp³-hybridized carbons (Fsp3) is 0.500. The first-order valence-electron chi connectivity index (χ1n) is 7.11. The van der Waals surface area contributed by atoms with Crippen molar-refractivity contribution in [3.05, 3.63) is 48.6 Å². The van der Waals surface area contributed by atoms with Gasteiger partial charge in [-0.05, 0) is 23.9 Å². The van der Waals surface area contributed by atoms with Crippen LogP contribution in [0, 0.1) is 11.8 Å². The second-order valence-electron chi connectivity index (χ2n) is 7.04. The van der Waals surface area contributed by atoms with Crippen molar-refractivity contribution in [2.24, 2.45) is 11.8 Å². The van der Waals surface area contributed by atoms with Crippen LogP contribution in [0.25, 0.3) is 0 Å². The molecule has 0 fully saturated rings. The summed E-state index contributed by atoms with van der Waals surface area (Å²) in [5.41, 5.74) is 0. The third-order valence-corrected chi connectivity index (χ3v) is 23.8. The predicted molar refractivity (Wildman–Crippen MR) is 88.1 cm³/mol.